The Morgan fingerprint density at radius 3 is 2.59 bits per heavy atom. The first kappa shape index (κ1) is 21.2. The lowest BCUT2D eigenvalue weighted by molar-refractivity contribution is -0.384. The molecule has 154 valence electrons. The molecule has 0 spiro atoms. The third-order valence-electron chi connectivity index (χ3n) is 4.70. The fraction of sp³-hybridized carbons (Fsp3) is 0.350. The minimum absolute atomic E-state index is 0.118. The van der Waals surface area contributed by atoms with Gasteiger partial charge in [0.1, 0.15) is 6.04 Å². The van der Waals surface area contributed by atoms with E-state index >= 15 is 0 Å². The molecule has 3 rings (SSSR count). The van der Waals surface area contributed by atoms with Crippen LogP contribution in [0.1, 0.15) is 11.6 Å². The van der Waals surface area contributed by atoms with Gasteiger partial charge in [-0.05, 0) is 11.6 Å². The molecule has 1 atom stereocenters. The molecular weight excluding hydrogens is 396 g/mol. The number of morpholine rings is 1. The Morgan fingerprint density at radius 2 is 1.93 bits per heavy atom. The van der Waals surface area contributed by atoms with E-state index in [4.69, 9.17) is 16.3 Å². The fourth-order valence-electron chi connectivity index (χ4n) is 3.12. The molecule has 29 heavy (non-hydrogen) atoms. The minimum atomic E-state index is -0.580. The number of rotatable bonds is 8. The number of amides is 1. The highest BCUT2D eigenvalue weighted by Gasteiger charge is 2.22. The number of carbonyl (C=O) groups excluding carboxylic acids is 1. The molecular formula is C20H23ClN4O4. The lowest BCUT2D eigenvalue weighted by atomic mass is 10.1. The van der Waals surface area contributed by atoms with Crippen molar-refractivity contribution in [2.75, 3.05) is 44.7 Å². The van der Waals surface area contributed by atoms with Crippen molar-refractivity contribution in [2.45, 2.75) is 6.04 Å². The first-order valence-corrected chi connectivity index (χ1v) is 9.75. The number of halogens is 1. The number of ether oxygens (including phenoxy) is 1. The topological polar surface area (TPSA) is 96.7 Å². The second kappa shape index (κ2) is 10.3. The molecule has 9 heteroatoms. The number of nitro benzene ring substituents is 1. The molecule has 2 aromatic carbocycles. The summed E-state index contributed by atoms with van der Waals surface area (Å²) < 4.78 is 5.35. The Kier molecular flexibility index (Phi) is 7.54. The van der Waals surface area contributed by atoms with Crippen molar-refractivity contribution in [3.05, 3.63) is 69.2 Å². The number of hydrogen-bond acceptors (Lipinski definition) is 6. The molecule has 2 aromatic rings. The maximum atomic E-state index is 13.0. The van der Waals surface area contributed by atoms with Gasteiger partial charge in [0.25, 0.3) is 5.69 Å². The van der Waals surface area contributed by atoms with Crippen molar-refractivity contribution in [2.24, 2.45) is 0 Å². The van der Waals surface area contributed by atoms with E-state index in [-0.39, 0.29) is 16.6 Å². The highest BCUT2D eigenvalue weighted by Crippen LogP contribution is 2.27. The summed E-state index contributed by atoms with van der Waals surface area (Å²) in [6.45, 7) is 4.63. The van der Waals surface area contributed by atoms with Crippen LogP contribution in [0.2, 0.25) is 5.02 Å². The predicted octanol–water partition coefficient (Wildman–Crippen LogP) is 2.85. The molecule has 0 radical (unpaired) electrons. The monoisotopic (exact) mass is 418 g/mol. The normalized spacial score (nSPS) is 15.6. The number of hydrogen-bond donors (Lipinski definition) is 2. The van der Waals surface area contributed by atoms with Crippen LogP contribution in [0.25, 0.3) is 0 Å². The number of nitrogens with zero attached hydrogens (tertiary/aromatic N) is 2. The Balaban J connectivity index is 1.68. The van der Waals surface area contributed by atoms with Crippen LogP contribution in [0.5, 0.6) is 0 Å². The Morgan fingerprint density at radius 1 is 1.21 bits per heavy atom. The van der Waals surface area contributed by atoms with Crippen molar-refractivity contribution in [1.82, 2.24) is 10.2 Å². The SMILES string of the molecule is O=C(Nc1ccc([N+](=O)[O-])cc1Cl)C(NCCN1CCOCC1)c1ccccc1. The Labute approximate surface area is 173 Å². The summed E-state index contributed by atoms with van der Waals surface area (Å²) in [4.78, 5) is 25.6. The standard InChI is InChI=1S/C20H23ClN4O4/c21-17-14-16(25(27)28)6-7-18(17)23-20(26)19(15-4-2-1-3-5-15)22-8-9-24-10-12-29-13-11-24/h1-7,14,19,22H,8-13H2,(H,23,26). The molecule has 1 aliphatic rings. The molecule has 0 saturated carbocycles. The van der Waals surface area contributed by atoms with Gasteiger partial charge in [0.05, 0.1) is 28.8 Å². The van der Waals surface area contributed by atoms with Gasteiger partial charge in [-0.2, -0.15) is 0 Å². The molecule has 1 saturated heterocycles. The zero-order valence-corrected chi connectivity index (χ0v) is 16.6. The number of nitro groups is 1. The van der Waals surface area contributed by atoms with E-state index in [2.05, 4.69) is 15.5 Å². The predicted molar refractivity (Wildman–Crippen MR) is 111 cm³/mol. The van der Waals surface area contributed by atoms with Crippen LogP contribution in [-0.2, 0) is 9.53 Å². The number of benzene rings is 2. The van der Waals surface area contributed by atoms with Gasteiger partial charge in [-0.15, -0.1) is 0 Å². The van der Waals surface area contributed by atoms with Crippen LogP contribution in [0.15, 0.2) is 48.5 Å². The second-order valence-corrected chi connectivity index (χ2v) is 7.07. The van der Waals surface area contributed by atoms with Crippen LogP contribution < -0.4 is 10.6 Å². The maximum Gasteiger partial charge on any atom is 0.271 e. The molecule has 0 aliphatic carbocycles. The third-order valence-corrected chi connectivity index (χ3v) is 5.01. The average molecular weight is 419 g/mol. The molecule has 2 N–H and O–H groups in total. The largest absolute Gasteiger partial charge is 0.379 e. The van der Waals surface area contributed by atoms with Crippen LogP contribution in [-0.4, -0.2) is 55.1 Å². The van der Waals surface area contributed by atoms with E-state index in [1.54, 1.807) is 0 Å². The van der Waals surface area contributed by atoms with E-state index in [9.17, 15) is 14.9 Å². The second-order valence-electron chi connectivity index (χ2n) is 6.66. The van der Waals surface area contributed by atoms with Crippen LogP contribution >= 0.6 is 11.6 Å². The fourth-order valence-corrected chi connectivity index (χ4v) is 3.35. The summed E-state index contributed by atoms with van der Waals surface area (Å²) in [5.74, 6) is -0.283. The van der Waals surface area contributed by atoms with E-state index in [1.165, 1.54) is 18.2 Å². The number of non-ortho nitro benzene ring substituents is 1. The van der Waals surface area contributed by atoms with Gasteiger partial charge in [-0.25, -0.2) is 0 Å². The Bertz CT molecular complexity index is 844. The summed E-state index contributed by atoms with van der Waals surface area (Å²) in [6.07, 6.45) is 0. The third kappa shape index (κ3) is 5.98. The molecule has 0 bridgehead atoms. The highest BCUT2D eigenvalue weighted by atomic mass is 35.5. The van der Waals surface area contributed by atoms with Crippen molar-refractivity contribution >= 4 is 28.9 Å². The zero-order valence-electron chi connectivity index (χ0n) is 15.8. The smallest absolute Gasteiger partial charge is 0.271 e. The maximum absolute atomic E-state index is 13.0. The van der Waals surface area contributed by atoms with Crippen molar-refractivity contribution in [1.29, 1.82) is 0 Å². The van der Waals surface area contributed by atoms with Gasteiger partial charge in [-0.3, -0.25) is 19.8 Å². The number of nitrogens with one attached hydrogen (secondary N) is 2. The van der Waals surface area contributed by atoms with E-state index in [0.717, 1.165) is 38.4 Å². The van der Waals surface area contributed by atoms with E-state index < -0.39 is 11.0 Å². The van der Waals surface area contributed by atoms with E-state index in [1.807, 2.05) is 30.3 Å². The first-order valence-electron chi connectivity index (χ1n) is 9.38. The molecule has 1 fully saturated rings. The van der Waals surface area contributed by atoms with Gasteiger partial charge in [0, 0.05) is 38.3 Å². The van der Waals surface area contributed by atoms with E-state index in [0.29, 0.717) is 12.2 Å². The summed E-state index contributed by atoms with van der Waals surface area (Å²) in [5, 5.41) is 17.1. The average Bonchev–Trinajstić information content (AvgIpc) is 2.74. The summed E-state index contributed by atoms with van der Waals surface area (Å²) in [6, 6.07) is 12.8. The molecule has 1 unspecified atom stereocenters. The van der Waals surface area contributed by atoms with Gasteiger partial charge in [0.2, 0.25) is 5.91 Å². The summed E-state index contributed by atoms with van der Waals surface area (Å²) in [5.41, 5.74) is 1.03. The molecule has 1 amide bonds. The van der Waals surface area contributed by atoms with Crippen LogP contribution in [0.3, 0.4) is 0 Å². The minimum Gasteiger partial charge on any atom is -0.379 e. The van der Waals surface area contributed by atoms with Crippen LogP contribution in [0.4, 0.5) is 11.4 Å². The first-order chi connectivity index (χ1) is 14.0. The molecule has 1 heterocycles. The van der Waals surface area contributed by atoms with Gasteiger partial charge in [-0.1, -0.05) is 41.9 Å². The lowest BCUT2D eigenvalue weighted by Crippen LogP contribution is -2.42. The summed E-state index contributed by atoms with van der Waals surface area (Å²) in [7, 11) is 0. The summed E-state index contributed by atoms with van der Waals surface area (Å²) >= 11 is 6.12. The van der Waals surface area contributed by atoms with Gasteiger partial charge in [0.15, 0.2) is 0 Å². The van der Waals surface area contributed by atoms with Crippen molar-refractivity contribution in [3.63, 3.8) is 0 Å². The van der Waals surface area contributed by atoms with Crippen molar-refractivity contribution in [3.8, 4) is 0 Å². The lowest BCUT2D eigenvalue weighted by Gasteiger charge is -2.27. The van der Waals surface area contributed by atoms with Gasteiger partial charge < -0.3 is 15.4 Å². The quantitative estimate of drug-likeness (QED) is 0.505. The van der Waals surface area contributed by atoms with Crippen molar-refractivity contribution < 1.29 is 14.5 Å². The number of carbonyl (C=O) groups is 1. The number of anilines is 1. The molecule has 8 nitrogen and oxygen atoms in total. The molecule has 1 aliphatic heterocycles. The van der Waals surface area contributed by atoms with Crippen LogP contribution in [0, 0.1) is 10.1 Å². The van der Waals surface area contributed by atoms with Gasteiger partial charge >= 0.3 is 0 Å². The molecule has 0 aromatic heterocycles. The highest BCUT2D eigenvalue weighted by molar-refractivity contribution is 6.34. The zero-order chi connectivity index (χ0) is 20.6. The Hall–Kier alpha value is -2.52.